The zero-order chi connectivity index (χ0) is 13.5. The molecule has 0 saturated carbocycles. The Morgan fingerprint density at radius 2 is 1.47 bits per heavy atom. The molecule has 0 fully saturated rings. The number of hydrogen-bond acceptors (Lipinski definition) is 3. The Balaban J connectivity index is 0.000000141. The van der Waals surface area contributed by atoms with Gasteiger partial charge in [-0.25, -0.2) is 0 Å². The minimum absolute atomic E-state index is 1.06. The molecule has 0 saturated heterocycles. The van der Waals surface area contributed by atoms with Crippen LogP contribution in [0.15, 0.2) is 67.1 Å². The number of rotatable bonds is 1. The topological polar surface area (TPSA) is 29.0 Å². The highest BCUT2D eigenvalue weighted by molar-refractivity contribution is 5.77. The van der Waals surface area contributed by atoms with Crippen LogP contribution in [-0.4, -0.2) is 24.1 Å². The maximum atomic E-state index is 4.18. The van der Waals surface area contributed by atoms with E-state index in [2.05, 4.69) is 22.1 Å². The molecule has 3 aromatic rings. The van der Waals surface area contributed by atoms with Gasteiger partial charge in [-0.05, 0) is 24.3 Å². The van der Waals surface area contributed by atoms with Gasteiger partial charge in [-0.2, -0.15) is 0 Å². The summed E-state index contributed by atoms with van der Waals surface area (Å²) in [4.78, 5) is 10.1. The first-order chi connectivity index (χ1) is 9.27. The highest BCUT2D eigenvalue weighted by atomic mass is 15.1. The van der Waals surface area contributed by atoms with Crippen LogP contribution in [0.3, 0.4) is 0 Å². The largest absolute Gasteiger partial charge is 0.378 e. The Morgan fingerprint density at radius 3 is 2.11 bits per heavy atom. The molecule has 0 unspecified atom stereocenters. The Hall–Kier alpha value is -2.42. The quantitative estimate of drug-likeness (QED) is 0.664. The number of nitrogens with zero attached hydrogens (tertiary/aromatic N) is 3. The zero-order valence-electron chi connectivity index (χ0n) is 11.2. The average Bonchev–Trinajstić information content (AvgIpc) is 2.49. The van der Waals surface area contributed by atoms with Gasteiger partial charge in [-0.3, -0.25) is 9.97 Å². The van der Waals surface area contributed by atoms with Gasteiger partial charge in [0, 0.05) is 43.8 Å². The van der Waals surface area contributed by atoms with E-state index in [1.54, 1.807) is 12.4 Å². The third-order valence-corrected chi connectivity index (χ3v) is 2.69. The molecule has 0 amide bonds. The Bertz CT molecular complexity index is 555. The van der Waals surface area contributed by atoms with Gasteiger partial charge in [0.2, 0.25) is 0 Å². The van der Waals surface area contributed by atoms with Crippen LogP contribution in [0.2, 0.25) is 0 Å². The summed E-state index contributed by atoms with van der Waals surface area (Å²) >= 11 is 0. The van der Waals surface area contributed by atoms with Crippen LogP contribution < -0.4 is 4.90 Å². The van der Waals surface area contributed by atoms with Crippen LogP contribution in [0.1, 0.15) is 0 Å². The minimum atomic E-state index is 1.06. The monoisotopic (exact) mass is 251 g/mol. The van der Waals surface area contributed by atoms with Crippen molar-refractivity contribution in [3.05, 3.63) is 67.1 Å². The standard InChI is InChI=1S/C9H7N.C7H10N2/c1-2-6-9-8(4-1)5-3-7-10-9;1-9(2)7-3-5-8-6-4-7/h1-7H;3-6H,1-2H3. The lowest BCUT2D eigenvalue weighted by atomic mass is 10.2. The molecule has 3 nitrogen and oxygen atoms in total. The predicted octanol–water partition coefficient (Wildman–Crippen LogP) is 3.38. The molecule has 0 bridgehead atoms. The normalized spacial score (nSPS) is 9.58. The van der Waals surface area contributed by atoms with Crippen LogP contribution in [0.25, 0.3) is 10.9 Å². The summed E-state index contributed by atoms with van der Waals surface area (Å²) < 4.78 is 0. The first-order valence-corrected chi connectivity index (χ1v) is 6.14. The van der Waals surface area contributed by atoms with Crippen LogP contribution in [0.4, 0.5) is 5.69 Å². The van der Waals surface area contributed by atoms with Gasteiger partial charge in [-0.15, -0.1) is 0 Å². The molecule has 0 aliphatic carbocycles. The molecular formula is C16H17N3. The van der Waals surface area contributed by atoms with E-state index < -0.39 is 0 Å². The van der Waals surface area contributed by atoms with E-state index in [-0.39, 0.29) is 0 Å². The van der Waals surface area contributed by atoms with E-state index in [1.807, 2.05) is 61.6 Å². The van der Waals surface area contributed by atoms with Crippen molar-refractivity contribution in [2.75, 3.05) is 19.0 Å². The lowest BCUT2D eigenvalue weighted by molar-refractivity contribution is 1.12. The molecule has 0 atom stereocenters. The Morgan fingerprint density at radius 1 is 0.789 bits per heavy atom. The van der Waals surface area contributed by atoms with Crippen LogP contribution in [0.5, 0.6) is 0 Å². The lowest BCUT2D eigenvalue weighted by Gasteiger charge is -2.10. The molecular weight excluding hydrogens is 234 g/mol. The van der Waals surface area contributed by atoms with Crippen molar-refractivity contribution >= 4 is 16.6 Å². The van der Waals surface area contributed by atoms with Gasteiger partial charge in [0.15, 0.2) is 0 Å². The maximum absolute atomic E-state index is 4.18. The van der Waals surface area contributed by atoms with Gasteiger partial charge in [0.1, 0.15) is 0 Å². The number of aromatic nitrogens is 2. The van der Waals surface area contributed by atoms with Crippen molar-refractivity contribution < 1.29 is 0 Å². The molecule has 1 aromatic carbocycles. The zero-order valence-corrected chi connectivity index (χ0v) is 11.2. The number of benzene rings is 1. The second-order valence-electron chi connectivity index (χ2n) is 4.30. The van der Waals surface area contributed by atoms with Crippen LogP contribution >= 0.6 is 0 Å². The SMILES string of the molecule is CN(C)c1ccncc1.c1ccc2ncccc2c1. The fraction of sp³-hybridized carbons (Fsp3) is 0.125. The third-order valence-electron chi connectivity index (χ3n) is 2.69. The smallest absolute Gasteiger partial charge is 0.0701 e. The second-order valence-corrected chi connectivity index (χ2v) is 4.30. The van der Waals surface area contributed by atoms with Crippen molar-refractivity contribution in [1.82, 2.24) is 9.97 Å². The summed E-state index contributed by atoms with van der Waals surface area (Å²) in [5.41, 5.74) is 2.25. The Labute approximate surface area is 113 Å². The van der Waals surface area contributed by atoms with Crippen LogP contribution in [-0.2, 0) is 0 Å². The van der Waals surface area contributed by atoms with Crippen molar-refractivity contribution in [3.8, 4) is 0 Å². The first-order valence-electron chi connectivity index (χ1n) is 6.14. The first kappa shape index (κ1) is 13.0. The van der Waals surface area contributed by atoms with E-state index in [1.165, 1.54) is 11.1 Å². The second kappa shape index (κ2) is 6.50. The van der Waals surface area contributed by atoms with Crippen molar-refractivity contribution in [1.29, 1.82) is 0 Å². The lowest BCUT2D eigenvalue weighted by Crippen LogP contribution is -2.07. The third kappa shape index (κ3) is 3.78. The molecule has 19 heavy (non-hydrogen) atoms. The number of pyridine rings is 2. The summed E-state index contributed by atoms with van der Waals surface area (Å²) in [6.07, 6.45) is 5.38. The maximum Gasteiger partial charge on any atom is 0.0701 e. The molecule has 0 aliphatic rings. The van der Waals surface area contributed by atoms with Gasteiger partial charge < -0.3 is 4.90 Å². The van der Waals surface area contributed by atoms with E-state index >= 15 is 0 Å². The van der Waals surface area contributed by atoms with E-state index in [0.717, 1.165) is 5.52 Å². The summed E-state index contributed by atoms with van der Waals surface area (Å²) in [6, 6.07) is 16.0. The highest BCUT2D eigenvalue weighted by Crippen LogP contribution is 2.08. The highest BCUT2D eigenvalue weighted by Gasteiger charge is 1.88. The summed E-state index contributed by atoms with van der Waals surface area (Å²) in [7, 11) is 4.02. The number of fused-ring (bicyclic) bond motifs is 1. The molecule has 0 spiro atoms. The summed E-state index contributed by atoms with van der Waals surface area (Å²) in [6.45, 7) is 0. The molecule has 96 valence electrons. The predicted molar refractivity (Wildman–Crippen MR) is 80.3 cm³/mol. The van der Waals surface area contributed by atoms with E-state index in [0.29, 0.717) is 0 Å². The molecule has 2 aromatic heterocycles. The van der Waals surface area contributed by atoms with Gasteiger partial charge in [0.25, 0.3) is 0 Å². The summed E-state index contributed by atoms with van der Waals surface area (Å²) in [5.74, 6) is 0. The van der Waals surface area contributed by atoms with Crippen molar-refractivity contribution in [2.45, 2.75) is 0 Å². The fourth-order valence-electron chi connectivity index (χ4n) is 1.66. The Kier molecular flexibility index (Phi) is 4.45. The fourth-order valence-corrected chi connectivity index (χ4v) is 1.66. The number of anilines is 1. The minimum Gasteiger partial charge on any atom is -0.378 e. The molecule has 0 radical (unpaired) electrons. The number of para-hydroxylation sites is 1. The number of hydrogen-bond donors (Lipinski definition) is 0. The molecule has 2 heterocycles. The molecule has 0 aliphatic heterocycles. The summed E-state index contributed by atoms with van der Waals surface area (Å²) in [5, 5.41) is 1.20. The van der Waals surface area contributed by atoms with Gasteiger partial charge in [-0.1, -0.05) is 24.3 Å². The molecule has 3 rings (SSSR count). The van der Waals surface area contributed by atoms with Crippen LogP contribution in [0, 0.1) is 0 Å². The van der Waals surface area contributed by atoms with E-state index in [9.17, 15) is 0 Å². The molecule has 0 N–H and O–H groups in total. The van der Waals surface area contributed by atoms with Crippen molar-refractivity contribution in [2.24, 2.45) is 0 Å². The molecule has 3 heteroatoms. The van der Waals surface area contributed by atoms with E-state index in [4.69, 9.17) is 0 Å². The van der Waals surface area contributed by atoms with Crippen molar-refractivity contribution in [3.63, 3.8) is 0 Å². The average molecular weight is 251 g/mol. The van der Waals surface area contributed by atoms with Gasteiger partial charge >= 0.3 is 0 Å². The van der Waals surface area contributed by atoms with Gasteiger partial charge in [0.05, 0.1) is 5.52 Å².